The Morgan fingerprint density at radius 1 is 1.11 bits per heavy atom. The van der Waals surface area contributed by atoms with Gasteiger partial charge in [-0.05, 0) is 25.0 Å². The number of hydrogen-bond donors (Lipinski definition) is 0. The lowest BCUT2D eigenvalue weighted by Crippen LogP contribution is -2.08. The third-order valence-corrected chi connectivity index (χ3v) is 3.53. The fourth-order valence-electron chi connectivity index (χ4n) is 2.04. The minimum absolute atomic E-state index is 0.512. The van der Waals surface area contributed by atoms with Crippen molar-refractivity contribution in [1.29, 1.82) is 0 Å². The Morgan fingerprint density at radius 3 is 2.37 bits per heavy atom. The summed E-state index contributed by atoms with van der Waals surface area (Å²) < 4.78 is 0. The van der Waals surface area contributed by atoms with Crippen LogP contribution in [0.5, 0.6) is 0 Å². The number of nitrogens with zero attached hydrogens (tertiary/aromatic N) is 3. The maximum Gasteiger partial charge on any atom is 0.133 e. The molecule has 1 aromatic carbocycles. The zero-order valence-corrected chi connectivity index (χ0v) is 11.9. The van der Waals surface area contributed by atoms with Crippen molar-refractivity contribution in [3.8, 4) is 11.3 Å². The van der Waals surface area contributed by atoms with Crippen LogP contribution in [-0.2, 0) is 0 Å². The third-order valence-electron chi connectivity index (χ3n) is 3.33. The minimum Gasteiger partial charge on any atom is -0.378 e. The summed E-state index contributed by atoms with van der Waals surface area (Å²) >= 11 is 6.09. The van der Waals surface area contributed by atoms with E-state index in [2.05, 4.69) is 39.1 Å². The van der Waals surface area contributed by atoms with Gasteiger partial charge in [-0.3, -0.25) is 0 Å². The molecule has 0 unspecified atom stereocenters. The Labute approximate surface area is 118 Å². The van der Waals surface area contributed by atoms with Gasteiger partial charge in [0.15, 0.2) is 0 Å². The van der Waals surface area contributed by atoms with Gasteiger partial charge in [0.25, 0.3) is 0 Å². The van der Waals surface area contributed by atoms with Crippen LogP contribution in [0.2, 0.25) is 5.15 Å². The Morgan fingerprint density at radius 2 is 1.79 bits per heavy atom. The Hall–Kier alpha value is -1.61. The summed E-state index contributed by atoms with van der Waals surface area (Å²) in [6.45, 7) is 0. The molecule has 0 aliphatic heterocycles. The number of halogens is 1. The van der Waals surface area contributed by atoms with Crippen molar-refractivity contribution >= 4 is 17.3 Å². The van der Waals surface area contributed by atoms with Gasteiger partial charge >= 0.3 is 0 Å². The molecule has 1 saturated carbocycles. The second kappa shape index (κ2) is 4.82. The van der Waals surface area contributed by atoms with Gasteiger partial charge in [0.2, 0.25) is 0 Å². The van der Waals surface area contributed by atoms with Crippen LogP contribution in [0, 0.1) is 0 Å². The summed E-state index contributed by atoms with van der Waals surface area (Å²) in [7, 11) is 4.06. The van der Waals surface area contributed by atoms with Crippen LogP contribution in [0.4, 0.5) is 5.69 Å². The molecule has 1 aliphatic carbocycles. The van der Waals surface area contributed by atoms with Crippen molar-refractivity contribution < 1.29 is 0 Å². The number of hydrogen-bond acceptors (Lipinski definition) is 3. The fraction of sp³-hybridized carbons (Fsp3) is 0.333. The number of benzene rings is 1. The van der Waals surface area contributed by atoms with Crippen LogP contribution >= 0.6 is 11.6 Å². The van der Waals surface area contributed by atoms with E-state index in [1.165, 1.54) is 18.5 Å². The molecule has 0 N–H and O–H groups in total. The summed E-state index contributed by atoms with van der Waals surface area (Å²) in [4.78, 5) is 11.0. The SMILES string of the molecule is CN(C)c1ccc(-c2cc(Cl)nc(C3CC3)n2)cc1. The van der Waals surface area contributed by atoms with Crippen molar-refractivity contribution in [3.05, 3.63) is 41.3 Å². The highest BCUT2D eigenvalue weighted by Crippen LogP contribution is 2.39. The molecule has 0 amide bonds. The molecule has 0 radical (unpaired) electrons. The van der Waals surface area contributed by atoms with E-state index in [0.29, 0.717) is 11.1 Å². The summed E-state index contributed by atoms with van der Waals surface area (Å²) in [5.41, 5.74) is 3.16. The first-order valence-corrected chi connectivity index (χ1v) is 6.83. The molecule has 4 heteroatoms. The molecule has 0 saturated heterocycles. The van der Waals surface area contributed by atoms with Crippen molar-refractivity contribution in [2.45, 2.75) is 18.8 Å². The van der Waals surface area contributed by atoms with E-state index in [-0.39, 0.29) is 0 Å². The van der Waals surface area contributed by atoms with Crippen LogP contribution in [0.1, 0.15) is 24.6 Å². The molecule has 1 fully saturated rings. The van der Waals surface area contributed by atoms with Gasteiger partial charge < -0.3 is 4.90 Å². The van der Waals surface area contributed by atoms with Gasteiger partial charge in [-0.25, -0.2) is 9.97 Å². The molecule has 3 nitrogen and oxygen atoms in total. The summed E-state index contributed by atoms with van der Waals surface area (Å²) in [5, 5.41) is 0.531. The molecule has 19 heavy (non-hydrogen) atoms. The zero-order valence-electron chi connectivity index (χ0n) is 11.1. The Balaban J connectivity index is 1.96. The molecule has 0 bridgehead atoms. The molecule has 0 atom stereocenters. The van der Waals surface area contributed by atoms with Crippen LogP contribution < -0.4 is 4.90 Å². The molecule has 1 aromatic heterocycles. The average molecular weight is 274 g/mol. The molecular formula is C15H16ClN3. The molecular weight excluding hydrogens is 258 g/mol. The predicted molar refractivity (Wildman–Crippen MR) is 78.8 cm³/mol. The first-order valence-electron chi connectivity index (χ1n) is 6.46. The second-order valence-corrected chi connectivity index (χ2v) is 5.54. The van der Waals surface area contributed by atoms with Crippen LogP contribution in [0.15, 0.2) is 30.3 Å². The molecule has 1 heterocycles. The van der Waals surface area contributed by atoms with Gasteiger partial charge in [0.1, 0.15) is 11.0 Å². The number of anilines is 1. The second-order valence-electron chi connectivity index (χ2n) is 5.15. The van der Waals surface area contributed by atoms with Crippen molar-refractivity contribution in [1.82, 2.24) is 9.97 Å². The van der Waals surface area contributed by atoms with Crippen molar-refractivity contribution in [2.24, 2.45) is 0 Å². The van der Waals surface area contributed by atoms with E-state index in [0.717, 1.165) is 17.1 Å². The highest BCUT2D eigenvalue weighted by atomic mass is 35.5. The maximum atomic E-state index is 6.09. The van der Waals surface area contributed by atoms with Crippen molar-refractivity contribution in [2.75, 3.05) is 19.0 Å². The highest BCUT2D eigenvalue weighted by Gasteiger charge is 2.27. The van der Waals surface area contributed by atoms with E-state index in [1.54, 1.807) is 0 Å². The summed E-state index contributed by atoms with van der Waals surface area (Å²) in [6, 6.07) is 10.2. The predicted octanol–water partition coefficient (Wildman–Crippen LogP) is 3.74. The Kier molecular flexibility index (Phi) is 3.15. The lowest BCUT2D eigenvalue weighted by molar-refractivity contribution is 0.931. The lowest BCUT2D eigenvalue weighted by Gasteiger charge is -2.12. The maximum absolute atomic E-state index is 6.09. The fourth-order valence-corrected chi connectivity index (χ4v) is 2.23. The van der Waals surface area contributed by atoms with E-state index in [9.17, 15) is 0 Å². The van der Waals surface area contributed by atoms with Gasteiger partial charge in [0, 0.05) is 37.3 Å². The molecule has 98 valence electrons. The van der Waals surface area contributed by atoms with Crippen LogP contribution in [0.3, 0.4) is 0 Å². The summed E-state index contributed by atoms with van der Waals surface area (Å²) in [6.07, 6.45) is 2.36. The quantitative estimate of drug-likeness (QED) is 0.798. The van der Waals surface area contributed by atoms with Crippen LogP contribution in [0.25, 0.3) is 11.3 Å². The smallest absolute Gasteiger partial charge is 0.133 e. The third kappa shape index (κ3) is 2.71. The lowest BCUT2D eigenvalue weighted by atomic mass is 10.1. The Bertz CT molecular complexity index is 589. The molecule has 0 spiro atoms. The average Bonchev–Trinajstić information content (AvgIpc) is 3.22. The number of aromatic nitrogens is 2. The molecule has 1 aliphatic rings. The van der Waals surface area contributed by atoms with E-state index < -0.39 is 0 Å². The molecule has 3 rings (SSSR count). The first-order chi connectivity index (χ1) is 9.13. The van der Waals surface area contributed by atoms with Crippen LogP contribution in [-0.4, -0.2) is 24.1 Å². The first kappa shape index (κ1) is 12.4. The van der Waals surface area contributed by atoms with Gasteiger partial charge in [-0.15, -0.1) is 0 Å². The van der Waals surface area contributed by atoms with Gasteiger partial charge in [0.05, 0.1) is 5.69 Å². The van der Waals surface area contributed by atoms with Gasteiger partial charge in [-0.2, -0.15) is 0 Å². The zero-order chi connectivity index (χ0) is 13.4. The molecule has 2 aromatic rings. The minimum atomic E-state index is 0.512. The van der Waals surface area contributed by atoms with E-state index in [1.807, 2.05) is 20.2 Å². The number of rotatable bonds is 3. The normalized spacial score (nSPS) is 14.5. The summed E-state index contributed by atoms with van der Waals surface area (Å²) in [5.74, 6) is 1.40. The van der Waals surface area contributed by atoms with E-state index >= 15 is 0 Å². The standard InChI is InChI=1S/C15H16ClN3/c1-19(2)12-7-5-10(6-8-12)13-9-14(16)18-15(17-13)11-3-4-11/h5-9,11H,3-4H2,1-2H3. The van der Waals surface area contributed by atoms with Gasteiger partial charge in [-0.1, -0.05) is 23.7 Å². The monoisotopic (exact) mass is 273 g/mol. The topological polar surface area (TPSA) is 29.0 Å². The highest BCUT2D eigenvalue weighted by molar-refractivity contribution is 6.29. The van der Waals surface area contributed by atoms with E-state index in [4.69, 9.17) is 11.6 Å². The largest absolute Gasteiger partial charge is 0.378 e. The van der Waals surface area contributed by atoms with Crippen molar-refractivity contribution in [3.63, 3.8) is 0 Å².